The largest absolute Gasteiger partial charge is 0.481 e. The Hall–Kier alpha value is -1.06. The van der Waals surface area contributed by atoms with Gasteiger partial charge in [-0.1, -0.05) is 47.5 Å². The smallest absolute Gasteiger partial charge is 0.305 e. The Kier molecular flexibility index (Phi) is 7.72. The molecular weight excluding hydrogens is 242 g/mol. The van der Waals surface area contributed by atoms with Gasteiger partial charge >= 0.3 is 5.97 Å². The number of carbonyl (C=O) groups excluding carboxylic acids is 1. The van der Waals surface area contributed by atoms with Crippen LogP contribution in [0.4, 0.5) is 0 Å². The van der Waals surface area contributed by atoms with Gasteiger partial charge in [-0.15, -0.1) is 0 Å². The second kappa shape index (κ2) is 8.18. The third-order valence-corrected chi connectivity index (χ3v) is 3.39. The Morgan fingerprint density at radius 2 is 1.58 bits per heavy atom. The summed E-state index contributed by atoms with van der Waals surface area (Å²) in [5.41, 5.74) is -0.253. The van der Waals surface area contributed by atoms with E-state index in [1.165, 1.54) is 0 Å². The average molecular weight is 271 g/mol. The third kappa shape index (κ3) is 7.19. The van der Waals surface area contributed by atoms with E-state index in [-0.39, 0.29) is 29.7 Å². The lowest BCUT2D eigenvalue weighted by Crippen LogP contribution is -2.47. The standard InChI is InChI=1S/C15H29NO3/c1-6-8-11(9-7-2)14(19)16-12(10-13(17)18)15(3,4)5/h11-12H,6-10H2,1-5H3,(H,16,19)(H,17,18). The van der Waals surface area contributed by atoms with Crippen LogP contribution in [0.1, 0.15) is 66.7 Å². The van der Waals surface area contributed by atoms with Crippen molar-refractivity contribution in [3.05, 3.63) is 0 Å². The average Bonchev–Trinajstić information content (AvgIpc) is 2.26. The van der Waals surface area contributed by atoms with Crippen molar-refractivity contribution in [3.63, 3.8) is 0 Å². The minimum absolute atomic E-state index is 0.00451. The first kappa shape index (κ1) is 17.9. The Morgan fingerprint density at radius 1 is 1.11 bits per heavy atom. The molecule has 4 nitrogen and oxygen atoms in total. The summed E-state index contributed by atoms with van der Waals surface area (Å²) in [5.74, 6) is -0.860. The molecule has 0 saturated carbocycles. The predicted molar refractivity (Wildman–Crippen MR) is 76.9 cm³/mol. The van der Waals surface area contributed by atoms with Crippen molar-refractivity contribution in [1.29, 1.82) is 0 Å². The summed E-state index contributed by atoms with van der Waals surface area (Å²) in [5, 5.41) is 11.9. The lowest BCUT2D eigenvalue weighted by molar-refractivity contribution is -0.138. The lowest BCUT2D eigenvalue weighted by Gasteiger charge is -2.31. The van der Waals surface area contributed by atoms with Crippen LogP contribution in [-0.4, -0.2) is 23.0 Å². The highest BCUT2D eigenvalue weighted by atomic mass is 16.4. The zero-order chi connectivity index (χ0) is 15.1. The van der Waals surface area contributed by atoms with Gasteiger partial charge in [-0.25, -0.2) is 0 Å². The molecule has 0 spiro atoms. The Morgan fingerprint density at radius 3 is 1.89 bits per heavy atom. The second-order valence-electron chi connectivity index (χ2n) is 6.30. The second-order valence-corrected chi connectivity index (χ2v) is 6.30. The summed E-state index contributed by atoms with van der Waals surface area (Å²) >= 11 is 0. The molecule has 0 aromatic rings. The molecule has 19 heavy (non-hydrogen) atoms. The highest BCUT2D eigenvalue weighted by Crippen LogP contribution is 2.23. The van der Waals surface area contributed by atoms with Crippen LogP contribution in [0, 0.1) is 11.3 Å². The number of carboxylic acids is 1. The number of aliphatic carboxylic acids is 1. The van der Waals surface area contributed by atoms with E-state index in [0.29, 0.717) is 0 Å². The summed E-state index contributed by atoms with van der Waals surface area (Å²) in [6, 6.07) is -0.325. The Balaban J connectivity index is 4.72. The Bertz CT molecular complexity index is 288. The molecule has 0 heterocycles. The molecule has 0 bridgehead atoms. The summed E-state index contributed by atoms with van der Waals surface area (Å²) in [6.07, 6.45) is 3.64. The van der Waals surface area contributed by atoms with Crippen molar-refractivity contribution in [2.45, 2.75) is 72.8 Å². The van der Waals surface area contributed by atoms with E-state index >= 15 is 0 Å². The van der Waals surface area contributed by atoms with Crippen LogP contribution in [0.2, 0.25) is 0 Å². The van der Waals surface area contributed by atoms with Crippen molar-refractivity contribution < 1.29 is 14.7 Å². The van der Waals surface area contributed by atoms with Gasteiger partial charge in [0.05, 0.1) is 6.42 Å². The van der Waals surface area contributed by atoms with Crippen LogP contribution in [0.15, 0.2) is 0 Å². The van der Waals surface area contributed by atoms with E-state index < -0.39 is 5.97 Å². The monoisotopic (exact) mass is 271 g/mol. The van der Waals surface area contributed by atoms with E-state index in [4.69, 9.17) is 5.11 Å². The van der Waals surface area contributed by atoms with Crippen LogP contribution < -0.4 is 5.32 Å². The van der Waals surface area contributed by atoms with Gasteiger partial charge in [0.2, 0.25) is 5.91 Å². The number of hydrogen-bond donors (Lipinski definition) is 2. The molecule has 4 heteroatoms. The van der Waals surface area contributed by atoms with E-state index in [1.54, 1.807) is 0 Å². The number of nitrogens with one attached hydrogen (secondary N) is 1. The quantitative estimate of drug-likeness (QED) is 0.712. The van der Waals surface area contributed by atoms with Gasteiger partial charge in [-0.3, -0.25) is 9.59 Å². The molecule has 1 unspecified atom stereocenters. The summed E-state index contributed by atoms with van der Waals surface area (Å²) < 4.78 is 0. The fourth-order valence-electron chi connectivity index (χ4n) is 2.14. The fraction of sp³-hybridized carbons (Fsp3) is 0.867. The molecule has 112 valence electrons. The minimum Gasteiger partial charge on any atom is -0.481 e. The highest BCUT2D eigenvalue weighted by Gasteiger charge is 2.30. The summed E-state index contributed by atoms with van der Waals surface area (Å²) in [4.78, 5) is 23.2. The van der Waals surface area contributed by atoms with Crippen molar-refractivity contribution >= 4 is 11.9 Å². The van der Waals surface area contributed by atoms with Gasteiger partial charge in [0.25, 0.3) is 0 Å². The van der Waals surface area contributed by atoms with Crippen molar-refractivity contribution in [2.75, 3.05) is 0 Å². The molecule has 0 aliphatic rings. The van der Waals surface area contributed by atoms with Crippen LogP contribution in [0.3, 0.4) is 0 Å². The maximum Gasteiger partial charge on any atom is 0.305 e. The molecule has 2 N–H and O–H groups in total. The molecule has 0 aromatic heterocycles. The SMILES string of the molecule is CCCC(CCC)C(=O)NC(CC(=O)O)C(C)(C)C. The van der Waals surface area contributed by atoms with Crippen LogP contribution in [0.25, 0.3) is 0 Å². The van der Waals surface area contributed by atoms with Crippen molar-refractivity contribution in [1.82, 2.24) is 5.32 Å². The van der Waals surface area contributed by atoms with Gasteiger partial charge in [-0.2, -0.15) is 0 Å². The Labute approximate surface area is 117 Å². The van der Waals surface area contributed by atoms with E-state index in [0.717, 1.165) is 25.7 Å². The van der Waals surface area contributed by atoms with E-state index in [9.17, 15) is 9.59 Å². The maximum absolute atomic E-state index is 12.3. The number of hydrogen-bond acceptors (Lipinski definition) is 2. The van der Waals surface area contributed by atoms with Crippen molar-refractivity contribution in [3.8, 4) is 0 Å². The van der Waals surface area contributed by atoms with Crippen molar-refractivity contribution in [2.24, 2.45) is 11.3 Å². The molecular formula is C15H29NO3. The molecule has 0 aliphatic carbocycles. The number of carbonyl (C=O) groups is 2. The summed E-state index contributed by atoms with van der Waals surface area (Å²) in [6.45, 7) is 9.99. The number of carboxylic acid groups (broad SMARTS) is 1. The molecule has 0 aliphatic heterocycles. The fourth-order valence-corrected chi connectivity index (χ4v) is 2.14. The normalized spacial score (nSPS) is 13.4. The minimum atomic E-state index is -0.872. The topological polar surface area (TPSA) is 66.4 Å². The molecule has 0 saturated heterocycles. The van der Waals surface area contributed by atoms with E-state index in [1.807, 2.05) is 20.8 Å². The zero-order valence-electron chi connectivity index (χ0n) is 13.0. The summed E-state index contributed by atoms with van der Waals surface area (Å²) in [7, 11) is 0. The zero-order valence-corrected chi connectivity index (χ0v) is 13.0. The van der Waals surface area contributed by atoms with Gasteiger partial charge in [-0.05, 0) is 18.3 Å². The van der Waals surface area contributed by atoms with Gasteiger partial charge in [0, 0.05) is 12.0 Å². The first-order valence-electron chi connectivity index (χ1n) is 7.24. The lowest BCUT2D eigenvalue weighted by atomic mass is 9.84. The number of amides is 1. The predicted octanol–water partition coefficient (Wildman–Crippen LogP) is 3.21. The van der Waals surface area contributed by atoms with Gasteiger partial charge < -0.3 is 10.4 Å². The van der Waals surface area contributed by atoms with Crippen LogP contribution in [0.5, 0.6) is 0 Å². The van der Waals surface area contributed by atoms with E-state index in [2.05, 4.69) is 19.2 Å². The molecule has 0 aromatic carbocycles. The molecule has 1 amide bonds. The number of rotatable bonds is 8. The molecule has 1 atom stereocenters. The first-order valence-corrected chi connectivity index (χ1v) is 7.24. The van der Waals surface area contributed by atoms with Crippen LogP contribution >= 0.6 is 0 Å². The molecule has 0 radical (unpaired) electrons. The highest BCUT2D eigenvalue weighted by molar-refractivity contribution is 5.79. The van der Waals surface area contributed by atoms with Gasteiger partial charge in [0.1, 0.15) is 0 Å². The third-order valence-electron chi connectivity index (χ3n) is 3.39. The molecule has 0 fully saturated rings. The molecule has 0 rings (SSSR count). The maximum atomic E-state index is 12.3. The first-order chi connectivity index (χ1) is 8.72. The van der Waals surface area contributed by atoms with Crippen LogP contribution in [-0.2, 0) is 9.59 Å². The van der Waals surface area contributed by atoms with Gasteiger partial charge in [0.15, 0.2) is 0 Å².